The monoisotopic (exact) mass is 650 g/mol. The molecule has 0 saturated carbocycles. The Kier molecular flexibility index (Phi) is 8.94. The third-order valence-electron chi connectivity index (χ3n) is 8.67. The Bertz CT molecular complexity index is 1790. The van der Waals surface area contributed by atoms with Crippen molar-refractivity contribution >= 4 is 12.2 Å². The molecule has 0 radical (unpaired) electrons. The van der Waals surface area contributed by atoms with E-state index >= 15 is 0 Å². The molecule has 10 nitrogen and oxygen atoms in total. The standard InChI is InChI=1S/C38H46N6O4/c1-8-24-20-32(44(23-24)36(46)48-38(5,6)7)34-40-22-30(42-34)28-17-13-26(14-18-28)25-11-15-27(16-12-25)29-21-39-33(41-29)31-10-9-19-43(31)35(45)47-37(2,3)4/h8,11-18,21-22,31-32H,9-10,19-20,23H2,1-7H3,(H,39,41)(H,40,42)/t31-,32?/m0/s1. The van der Waals surface area contributed by atoms with Crippen LogP contribution in [-0.2, 0) is 9.47 Å². The van der Waals surface area contributed by atoms with Crippen LogP contribution in [0.3, 0.4) is 0 Å². The molecule has 2 fully saturated rings. The number of allylic oxidation sites excluding steroid dienone is 1. The number of imidazole rings is 2. The molecule has 2 amide bonds. The first kappa shape index (κ1) is 33.1. The van der Waals surface area contributed by atoms with Crippen LogP contribution in [0, 0.1) is 0 Å². The van der Waals surface area contributed by atoms with Crippen molar-refractivity contribution in [1.82, 2.24) is 29.7 Å². The maximum Gasteiger partial charge on any atom is 0.411 e. The molecule has 48 heavy (non-hydrogen) atoms. The number of carbonyl (C=O) groups is 2. The van der Waals surface area contributed by atoms with Crippen molar-refractivity contribution < 1.29 is 19.1 Å². The second-order valence-corrected chi connectivity index (χ2v) is 14.6. The molecule has 2 aliphatic heterocycles. The van der Waals surface area contributed by atoms with E-state index in [1.54, 1.807) is 9.80 Å². The topological polar surface area (TPSA) is 116 Å². The largest absolute Gasteiger partial charge is 0.444 e. The molecule has 4 aromatic rings. The minimum Gasteiger partial charge on any atom is -0.444 e. The maximum absolute atomic E-state index is 13.0. The van der Waals surface area contributed by atoms with Crippen molar-refractivity contribution in [2.24, 2.45) is 0 Å². The van der Waals surface area contributed by atoms with Gasteiger partial charge in [-0.25, -0.2) is 19.6 Å². The number of H-pyrrole nitrogens is 2. The Balaban J connectivity index is 1.13. The van der Waals surface area contributed by atoms with Crippen LogP contribution in [0.2, 0.25) is 0 Å². The lowest BCUT2D eigenvalue weighted by molar-refractivity contribution is 0.0210. The van der Waals surface area contributed by atoms with Crippen molar-refractivity contribution in [2.75, 3.05) is 13.1 Å². The normalized spacial score (nSPS) is 19.3. The van der Waals surface area contributed by atoms with Crippen LogP contribution >= 0.6 is 0 Å². The molecule has 1 unspecified atom stereocenters. The number of nitrogens with one attached hydrogen (secondary N) is 2. The van der Waals surface area contributed by atoms with Crippen LogP contribution < -0.4 is 0 Å². The molecule has 10 heteroatoms. The molecule has 2 N–H and O–H groups in total. The molecule has 4 heterocycles. The highest BCUT2D eigenvalue weighted by molar-refractivity contribution is 5.73. The number of rotatable bonds is 5. The predicted molar refractivity (Wildman–Crippen MR) is 186 cm³/mol. The lowest BCUT2D eigenvalue weighted by Gasteiger charge is -2.27. The molecule has 0 spiro atoms. The lowest BCUT2D eigenvalue weighted by Crippen LogP contribution is -2.36. The van der Waals surface area contributed by atoms with E-state index in [1.165, 1.54) is 5.57 Å². The zero-order valence-electron chi connectivity index (χ0n) is 29.0. The van der Waals surface area contributed by atoms with E-state index in [4.69, 9.17) is 9.47 Å². The Morgan fingerprint density at radius 3 is 1.67 bits per heavy atom. The van der Waals surface area contributed by atoms with Gasteiger partial charge >= 0.3 is 12.2 Å². The van der Waals surface area contributed by atoms with E-state index in [0.717, 1.165) is 64.6 Å². The Morgan fingerprint density at radius 2 is 1.19 bits per heavy atom. The highest BCUT2D eigenvalue weighted by Gasteiger charge is 2.37. The van der Waals surface area contributed by atoms with Gasteiger partial charge in [0, 0.05) is 13.1 Å². The zero-order chi connectivity index (χ0) is 34.2. The Morgan fingerprint density at radius 1 is 0.729 bits per heavy atom. The number of hydrogen-bond acceptors (Lipinski definition) is 6. The average Bonchev–Trinajstić information content (AvgIpc) is 3.85. The SMILES string of the molecule is CC=C1CC(c2ncc(-c3ccc(-c4ccc(-c5cnc([C@@H]6CCCN6C(=O)OC(C)(C)C)[nH]5)cc4)cc3)[nH]2)N(C(=O)OC(C)(C)C)C1. The summed E-state index contributed by atoms with van der Waals surface area (Å²) in [4.78, 5) is 45.5. The zero-order valence-corrected chi connectivity index (χ0v) is 29.0. The number of amides is 2. The van der Waals surface area contributed by atoms with E-state index < -0.39 is 11.2 Å². The molecule has 2 aliphatic rings. The number of nitrogens with zero attached hydrogens (tertiary/aromatic N) is 4. The maximum atomic E-state index is 13.0. The van der Waals surface area contributed by atoms with Crippen LogP contribution in [0.25, 0.3) is 33.6 Å². The van der Waals surface area contributed by atoms with Crippen molar-refractivity contribution in [3.05, 3.63) is 84.2 Å². The number of aromatic amines is 2. The molecule has 252 valence electrons. The molecular formula is C38H46N6O4. The van der Waals surface area contributed by atoms with Crippen molar-refractivity contribution in [3.8, 4) is 33.6 Å². The van der Waals surface area contributed by atoms with Gasteiger partial charge in [-0.1, -0.05) is 60.2 Å². The van der Waals surface area contributed by atoms with Crippen molar-refractivity contribution in [1.29, 1.82) is 0 Å². The van der Waals surface area contributed by atoms with E-state index in [2.05, 4.69) is 74.5 Å². The first-order valence-corrected chi connectivity index (χ1v) is 16.7. The van der Waals surface area contributed by atoms with Crippen LogP contribution in [0.15, 0.2) is 72.6 Å². The summed E-state index contributed by atoms with van der Waals surface area (Å²) < 4.78 is 11.3. The summed E-state index contributed by atoms with van der Waals surface area (Å²) in [5, 5.41) is 0. The van der Waals surface area contributed by atoms with Crippen molar-refractivity contribution in [2.45, 2.75) is 91.0 Å². The van der Waals surface area contributed by atoms with Gasteiger partial charge < -0.3 is 19.4 Å². The number of carbonyl (C=O) groups excluding carboxylic acids is 2. The predicted octanol–water partition coefficient (Wildman–Crippen LogP) is 8.83. The highest BCUT2D eigenvalue weighted by atomic mass is 16.6. The smallest absolute Gasteiger partial charge is 0.411 e. The van der Waals surface area contributed by atoms with E-state index in [1.807, 2.05) is 60.9 Å². The summed E-state index contributed by atoms with van der Waals surface area (Å²) in [6.45, 7) is 14.5. The van der Waals surface area contributed by atoms with Crippen LogP contribution in [0.5, 0.6) is 0 Å². The fraction of sp³-hybridized carbons (Fsp3) is 0.421. The number of benzene rings is 2. The molecule has 0 aliphatic carbocycles. The van der Waals surface area contributed by atoms with Gasteiger partial charge in [-0.2, -0.15) is 0 Å². The Labute approximate surface area is 282 Å². The minimum absolute atomic E-state index is 0.120. The van der Waals surface area contributed by atoms with E-state index in [-0.39, 0.29) is 24.3 Å². The van der Waals surface area contributed by atoms with Gasteiger partial charge in [0.15, 0.2) is 0 Å². The Hall–Kier alpha value is -4.86. The lowest BCUT2D eigenvalue weighted by atomic mass is 10.0. The molecule has 2 saturated heterocycles. The molecule has 2 aromatic carbocycles. The summed E-state index contributed by atoms with van der Waals surface area (Å²) in [6, 6.07) is 16.4. The minimum atomic E-state index is -0.568. The van der Waals surface area contributed by atoms with Gasteiger partial charge in [-0.15, -0.1) is 0 Å². The van der Waals surface area contributed by atoms with E-state index in [9.17, 15) is 9.59 Å². The van der Waals surface area contributed by atoms with Crippen molar-refractivity contribution in [3.63, 3.8) is 0 Å². The number of hydrogen-bond donors (Lipinski definition) is 2. The summed E-state index contributed by atoms with van der Waals surface area (Å²) >= 11 is 0. The highest BCUT2D eigenvalue weighted by Crippen LogP contribution is 2.37. The van der Waals surface area contributed by atoms with Gasteiger partial charge in [0.1, 0.15) is 22.9 Å². The van der Waals surface area contributed by atoms with Crippen LogP contribution in [0.1, 0.15) is 91.5 Å². The quantitative estimate of drug-likeness (QED) is 0.209. The average molecular weight is 651 g/mol. The second-order valence-electron chi connectivity index (χ2n) is 14.6. The van der Waals surface area contributed by atoms with Gasteiger partial charge in [-0.3, -0.25) is 9.80 Å². The molecule has 2 aromatic heterocycles. The van der Waals surface area contributed by atoms with E-state index in [0.29, 0.717) is 13.1 Å². The first-order chi connectivity index (χ1) is 22.8. The second kappa shape index (κ2) is 13.0. The van der Waals surface area contributed by atoms with Crippen LogP contribution in [-0.4, -0.2) is 66.2 Å². The molecule has 6 rings (SSSR count). The van der Waals surface area contributed by atoms with Gasteiger partial charge in [0.2, 0.25) is 0 Å². The fourth-order valence-electron chi connectivity index (χ4n) is 6.30. The molecule has 0 bridgehead atoms. The number of ether oxygens (including phenoxy) is 2. The fourth-order valence-corrected chi connectivity index (χ4v) is 6.30. The first-order valence-electron chi connectivity index (χ1n) is 16.7. The molecular weight excluding hydrogens is 604 g/mol. The molecule has 2 atom stereocenters. The summed E-state index contributed by atoms with van der Waals surface area (Å²) in [5.74, 6) is 1.53. The summed E-state index contributed by atoms with van der Waals surface area (Å²) in [5.41, 5.74) is 6.11. The number of aromatic nitrogens is 4. The third kappa shape index (κ3) is 7.32. The third-order valence-corrected chi connectivity index (χ3v) is 8.67. The van der Waals surface area contributed by atoms with Gasteiger partial charge in [-0.05, 0) is 90.0 Å². The number of likely N-dealkylation sites (tertiary alicyclic amines) is 2. The summed E-state index contributed by atoms with van der Waals surface area (Å²) in [7, 11) is 0. The van der Waals surface area contributed by atoms with Gasteiger partial charge in [0.25, 0.3) is 0 Å². The van der Waals surface area contributed by atoms with Crippen LogP contribution in [0.4, 0.5) is 9.59 Å². The van der Waals surface area contributed by atoms with Gasteiger partial charge in [0.05, 0.1) is 35.9 Å². The summed E-state index contributed by atoms with van der Waals surface area (Å²) in [6.07, 6.45) is 7.59.